The minimum Gasteiger partial charge on any atom is -0.504 e. The summed E-state index contributed by atoms with van der Waals surface area (Å²) in [7, 11) is 0. The first-order chi connectivity index (χ1) is 11.0. The van der Waals surface area contributed by atoms with Crippen LogP contribution in [0, 0.1) is 0 Å². The van der Waals surface area contributed by atoms with Gasteiger partial charge >= 0.3 is 0 Å². The molecule has 3 rings (SSSR count). The zero-order valence-corrected chi connectivity index (χ0v) is 13.2. The number of anilines is 1. The van der Waals surface area contributed by atoms with Gasteiger partial charge in [-0.25, -0.2) is 0 Å². The fraction of sp³-hybridized carbons (Fsp3) is 0.278. The van der Waals surface area contributed by atoms with Crippen molar-refractivity contribution in [1.29, 1.82) is 0 Å². The summed E-state index contributed by atoms with van der Waals surface area (Å²) in [5, 5.41) is 23.3. The van der Waals surface area contributed by atoms with Gasteiger partial charge in [-0.15, -0.1) is 0 Å². The summed E-state index contributed by atoms with van der Waals surface area (Å²) in [5.74, 6) is -0.480. The third-order valence-corrected chi connectivity index (χ3v) is 4.37. The van der Waals surface area contributed by atoms with Crippen LogP contribution in [0.5, 0.6) is 11.5 Å². The first kappa shape index (κ1) is 15.2. The van der Waals surface area contributed by atoms with Crippen molar-refractivity contribution in [3.05, 3.63) is 53.6 Å². The van der Waals surface area contributed by atoms with Gasteiger partial charge in [-0.05, 0) is 31.5 Å². The van der Waals surface area contributed by atoms with Crippen molar-refractivity contribution in [2.75, 3.05) is 5.32 Å². The van der Waals surface area contributed by atoms with Crippen molar-refractivity contribution in [2.24, 2.45) is 0 Å². The Morgan fingerprint density at radius 1 is 1.17 bits per heavy atom. The molecule has 0 aliphatic carbocycles. The summed E-state index contributed by atoms with van der Waals surface area (Å²) in [6, 6.07) is 12.1. The summed E-state index contributed by atoms with van der Waals surface area (Å²) in [4.78, 5) is 14.7. The van der Waals surface area contributed by atoms with E-state index in [0.29, 0.717) is 11.1 Å². The van der Waals surface area contributed by atoms with Gasteiger partial charge in [0.2, 0.25) is 0 Å². The monoisotopic (exact) mass is 312 g/mol. The molecular formula is C18H20N2O3. The highest BCUT2D eigenvalue weighted by Crippen LogP contribution is 2.40. The van der Waals surface area contributed by atoms with E-state index in [1.54, 1.807) is 23.1 Å². The minimum absolute atomic E-state index is 0.0184. The average molecular weight is 312 g/mol. The zero-order chi connectivity index (χ0) is 16.6. The second-order valence-electron chi connectivity index (χ2n) is 5.78. The fourth-order valence-corrected chi connectivity index (χ4v) is 2.92. The average Bonchev–Trinajstić information content (AvgIpc) is 2.56. The van der Waals surface area contributed by atoms with Gasteiger partial charge in [0.15, 0.2) is 11.5 Å². The van der Waals surface area contributed by atoms with Crippen LogP contribution < -0.4 is 5.32 Å². The van der Waals surface area contributed by atoms with Crippen LogP contribution in [-0.2, 0) is 0 Å². The Hall–Kier alpha value is -2.69. The molecule has 0 unspecified atom stereocenters. The highest BCUT2D eigenvalue weighted by Gasteiger charge is 2.36. The molecule has 0 saturated carbocycles. The number of carbonyl (C=O) groups excluding carboxylic acids is 1. The number of hydrogen-bond donors (Lipinski definition) is 3. The van der Waals surface area contributed by atoms with Crippen molar-refractivity contribution in [1.82, 2.24) is 4.90 Å². The molecule has 0 saturated heterocycles. The van der Waals surface area contributed by atoms with E-state index in [9.17, 15) is 15.0 Å². The molecular weight excluding hydrogens is 292 g/mol. The van der Waals surface area contributed by atoms with Crippen molar-refractivity contribution < 1.29 is 15.0 Å². The number of phenolic OH excluding ortho intramolecular Hbond substituents is 2. The zero-order valence-electron chi connectivity index (χ0n) is 13.2. The molecule has 1 heterocycles. The maximum absolute atomic E-state index is 12.9. The van der Waals surface area contributed by atoms with Gasteiger partial charge in [0.05, 0.1) is 5.56 Å². The number of aromatic hydroxyl groups is 2. The SMILES string of the molecule is CC[C@H](C)N1C(=O)c2ccccc2N[C@@H]1c1cccc(O)c1O. The summed E-state index contributed by atoms with van der Waals surface area (Å²) < 4.78 is 0. The smallest absolute Gasteiger partial charge is 0.258 e. The Morgan fingerprint density at radius 3 is 2.65 bits per heavy atom. The molecule has 120 valence electrons. The highest BCUT2D eigenvalue weighted by atomic mass is 16.3. The third-order valence-electron chi connectivity index (χ3n) is 4.37. The van der Waals surface area contributed by atoms with Gasteiger partial charge in [0.1, 0.15) is 6.17 Å². The fourth-order valence-electron chi connectivity index (χ4n) is 2.92. The number of nitrogens with one attached hydrogen (secondary N) is 1. The maximum Gasteiger partial charge on any atom is 0.258 e. The Kier molecular flexibility index (Phi) is 3.86. The quantitative estimate of drug-likeness (QED) is 0.759. The van der Waals surface area contributed by atoms with E-state index in [1.807, 2.05) is 32.0 Å². The van der Waals surface area contributed by atoms with E-state index in [4.69, 9.17) is 0 Å². The van der Waals surface area contributed by atoms with Crippen LogP contribution in [0.1, 0.15) is 42.4 Å². The van der Waals surface area contributed by atoms with Gasteiger partial charge in [-0.1, -0.05) is 31.2 Å². The first-order valence-corrected chi connectivity index (χ1v) is 7.73. The molecule has 1 aliphatic heterocycles. The number of nitrogens with zero attached hydrogens (tertiary/aromatic N) is 1. The van der Waals surface area contributed by atoms with Crippen LogP contribution in [0.4, 0.5) is 5.69 Å². The van der Waals surface area contributed by atoms with E-state index in [2.05, 4.69) is 5.32 Å². The normalized spacial score (nSPS) is 18.3. The Labute approximate surface area is 135 Å². The molecule has 2 aromatic rings. The number of hydrogen-bond acceptors (Lipinski definition) is 4. The predicted octanol–water partition coefficient (Wildman–Crippen LogP) is 3.46. The van der Waals surface area contributed by atoms with E-state index >= 15 is 0 Å². The molecule has 0 spiro atoms. The molecule has 1 aliphatic rings. The molecule has 0 radical (unpaired) electrons. The molecule has 5 heteroatoms. The first-order valence-electron chi connectivity index (χ1n) is 7.73. The number of benzene rings is 2. The number of phenols is 2. The van der Waals surface area contributed by atoms with Gasteiger partial charge in [-0.2, -0.15) is 0 Å². The van der Waals surface area contributed by atoms with Crippen molar-refractivity contribution >= 4 is 11.6 Å². The lowest BCUT2D eigenvalue weighted by Crippen LogP contribution is -2.47. The molecule has 5 nitrogen and oxygen atoms in total. The predicted molar refractivity (Wildman–Crippen MR) is 88.5 cm³/mol. The van der Waals surface area contributed by atoms with E-state index in [0.717, 1.165) is 12.1 Å². The van der Waals surface area contributed by atoms with Gasteiger partial charge < -0.3 is 20.4 Å². The highest BCUT2D eigenvalue weighted by molar-refractivity contribution is 6.02. The maximum atomic E-state index is 12.9. The van der Waals surface area contributed by atoms with E-state index in [1.165, 1.54) is 6.07 Å². The Bertz CT molecular complexity index is 745. The van der Waals surface area contributed by atoms with Crippen molar-refractivity contribution in [2.45, 2.75) is 32.5 Å². The molecule has 0 aromatic heterocycles. The summed E-state index contributed by atoms with van der Waals surface area (Å²) >= 11 is 0. The number of rotatable bonds is 3. The lowest BCUT2D eigenvalue weighted by molar-refractivity contribution is 0.0591. The Balaban J connectivity index is 2.14. The molecule has 2 aromatic carbocycles. The molecule has 0 fully saturated rings. The minimum atomic E-state index is -0.528. The molecule has 3 N–H and O–H groups in total. The topological polar surface area (TPSA) is 72.8 Å². The third kappa shape index (κ3) is 2.48. The van der Waals surface area contributed by atoms with Crippen LogP contribution in [-0.4, -0.2) is 27.1 Å². The van der Waals surface area contributed by atoms with Crippen molar-refractivity contribution in [3.8, 4) is 11.5 Å². The van der Waals surface area contributed by atoms with Crippen molar-refractivity contribution in [3.63, 3.8) is 0 Å². The molecule has 0 bridgehead atoms. The van der Waals surface area contributed by atoms with Crippen LogP contribution in [0.2, 0.25) is 0 Å². The molecule has 2 atom stereocenters. The van der Waals surface area contributed by atoms with Crippen LogP contribution >= 0.6 is 0 Å². The molecule has 1 amide bonds. The van der Waals surface area contributed by atoms with Crippen LogP contribution in [0.25, 0.3) is 0 Å². The number of amides is 1. The summed E-state index contributed by atoms with van der Waals surface area (Å²) in [6.07, 6.45) is 0.255. The standard InChI is InChI=1S/C18H20N2O3/c1-3-11(2)20-17(13-8-6-10-15(21)16(13)22)19-14-9-5-4-7-12(14)18(20)23/h4-11,17,19,21-22H,3H2,1-2H3/t11-,17-/m0/s1. The second-order valence-corrected chi connectivity index (χ2v) is 5.78. The van der Waals surface area contributed by atoms with Gasteiger partial charge in [0.25, 0.3) is 5.91 Å². The second kappa shape index (κ2) is 5.83. The van der Waals surface area contributed by atoms with Gasteiger partial charge in [-0.3, -0.25) is 4.79 Å². The summed E-state index contributed by atoms with van der Waals surface area (Å²) in [5.41, 5.74) is 1.82. The number of fused-ring (bicyclic) bond motifs is 1. The van der Waals surface area contributed by atoms with Gasteiger partial charge in [0, 0.05) is 17.3 Å². The van der Waals surface area contributed by atoms with E-state index < -0.39 is 6.17 Å². The largest absolute Gasteiger partial charge is 0.504 e. The van der Waals surface area contributed by atoms with E-state index in [-0.39, 0.29) is 23.4 Å². The number of para-hydroxylation sites is 2. The lowest BCUT2D eigenvalue weighted by atomic mass is 10.00. The van der Waals surface area contributed by atoms with Crippen LogP contribution in [0.15, 0.2) is 42.5 Å². The summed E-state index contributed by atoms with van der Waals surface area (Å²) in [6.45, 7) is 3.98. The van der Waals surface area contributed by atoms with Crippen LogP contribution in [0.3, 0.4) is 0 Å². The molecule has 23 heavy (non-hydrogen) atoms. The lowest BCUT2D eigenvalue weighted by Gasteiger charge is -2.41. The Morgan fingerprint density at radius 2 is 1.91 bits per heavy atom. The number of carbonyl (C=O) groups is 1.